The first-order chi connectivity index (χ1) is 5.65. The smallest absolute Gasteiger partial charge is 0.245 e. The molecule has 0 aliphatic carbocycles. The fourth-order valence-electron chi connectivity index (χ4n) is 0.627. The fraction of sp³-hybridized carbons (Fsp3) is 0.571. The number of carbonyl (C=O) groups is 1. The number of hydrogen-bond acceptors (Lipinski definition) is 4. The van der Waals surface area contributed by atoms with Gasteiger partial charge in [0.25, 0.3) is 0 Å². The summed E-state index contributed by atoms with van der Waals surface area (Å²) in [6.45, 7) is 3.22. The molecule has 0 spiro atoms. The van der Waals surface area contributed by atoms with E-state index in [0.29, 0.717) is 0 Å². The molecule has 0 fully saturated rings. The molecule has 0 heterocycles. The number of amides is 1. The zero-order chi connectivity index (χ0) is 9.56. The van der Waals surface area contributed by atoms with E-state index in [9.17, 15) is 9.90 Å². The number of methoxy groups -OCH3 is 2. The number of aliphatic hydroxyl groups excluding tert-OH is 1. The van der Waals surface area contributed by atoms with Crippen molar-refractivity contribution in [2.24, 2.45) is 0 Å². The molecule has 0 aromatic rings. The number of aliphatic hydroxyl groups is 1. The van der Waals surface area contributed by atoms with E-state index in [-0.39, 0.29) is 0 Å². The highest BCUT2D eigenvalue weighted by Crippen LogP contribution is 1.95. The lowest BCUT2D eigenvalue weighted by molar-refractivity contribution is -0.175. The molecule has 1 atom stereocenters. The van der Waals surface area contributed by atoms with Crippen LogP contribution in [-0.4, -0.2) is 37.8 Å². The van der Waals surface area contributed by atoms with Gasteiger partial charge in [-0.3, -0.25) is 4.79 Å². The fourth-order valence-corrected chi connectivity index (χ4v) is 0.627. The number of carbonyl (C=O) groups excluding carboxylic acids is 1. The molecule has 2 N–H and O–H groups in total. The highest BCUT2D eigenvalue weighted by molar-refractivity contribution is 5.86. The Labute approximate surface area is 71.0 Å². The van der Waals surface area contributed by atoms with E-state index in [1.165, 1.54) is 14.2 Å². The molecule has 0 aliphatic rings. The van der Waals surface area contributed by atoms with Crippen LogP contribution in [0.4, 0.5) is 0 Å². The van der Waals surface area contributed by atoms with Crippen LogP contribution < -0.4 is 5.32 Å². The van der Waals surface area contributed by atoms with Crippen LogP contribution in [0.15, 0.2) is 12.7 Å². The molecule has 5 nitrogen and oxygen atoms in total. The average molecular weight is 175 g/mol. The monoisotopic (exact) mass is 175 g/mol. The quantitative estimate of drug-likeness (QED) is 0.425. The van der Waals surface area contributed by atoms with E-state index in [1.807, 2.05) is 0 Å². The molecule has 5 heteroatoms. The number of ether oxygens (including phenoxy) is 2. The van der Waals surface area contributed by atoms with Crippen LogP contribution in [0.25, 0.3) is 0 Å². The molecule has 0 radical (unpaired) electrons. The minimum Gasteiger partial charge on any atom is -0.369 e. The van der Waals surface area contributed by atoms with Crippen molar-refractivity contribution in [2.45, 2.75) is 12.5 Å². The summed E-state index contributed by atoms with van der Waals surface area (Å²) in [6.07, 6.45) is -1.01. The average Bonchev–Trinajstić information content (AvgIpc) is 2.06. The predicted molar refractivity (Wildman–Crippen MR) is 42.2 cm³/mol. The summed E-state index contributed by atoms with van der Waals surface area (Å²) in [4.78, 5) is 10.7. The van der Waals surface area contributed by atoms with Gasteiger partial charge >= 0.3 is 0 Å². The SMILES string of the molecule is C=CC(=O)N[C@H](O)C(OC)OC. The van der Waals surface area contributed by atoms with E-state index in [0.717, 1.165) is 6.08 Å². The van der Waals surface area contributed by atoms with Gasteiger partial charge in [0.15, 0.2) is 6.23 Å². The van der Waals surface area contributed by atoms with Crippen molar-refractivity contribution in [2.75, 3.05) is 14.2 Å². The molecular formula is C7H13NO4. The summed E-state index contributed by atoms with van der Waals surface area (Å²) < 4.78 is 9.37. The van der Waals surface area contributed by atoms with Crippen molar-refractivity contribution in [1.29, 1.82) is 0 Å². The molecule has 0 aliphatic heterocycles. The summed E-state index contributed by atoms with van der Waals surface area (Å²) in [6, 6.07) is 0. The van der Waals surface area contributed by atoms with Gasteiger partial charge in [-0.05, 0) is 6.08 Å². The van der Waals surface area contributed by atoms with Crippen LogP contribution in [0.3, 0.4) is 0 Å². The number of nitrogens with one attached hydrogen (secondary N) is 1. The molecule has 1 amide bonds. The Morgan fingerprint density at radius 3 is 2.42 bits per heavy atom. The summed E-state index contributed by atoms with van der Waals surface area (Å²) in [7, 11) is 2.72. The minimum absolute atomic E-state index is 0.485. The van der Waals surface area contributed by atoms with Gasteiger partial charge in [0.1, 0.15) is 0 Å². The Balaban J connectivity index is 3.91. The highest BCUT2D eigenvalue weighted by Gasteiger charge is 2.18. The lowest BCUT2D eigenvalue weighted by atomic mass is 10.5. The largest absolute Gasteiger partial charge is 0.369 e. The van der Waals surface area contributed by atoms with E-state index in [1.54, 1.807) is 0 Å². The van der Waals surface area contributed by atoms with Gasteiger partial charge in [-0.25, -0.2) is 0 Å². The van der Waals surface area contributed by atoms with E-state index < -0.39 is 18.4 Å². The van der Waals surface area contributed by atoms with Crippen molar-refractivity contribution >= 4 is 5.91 Å². The van der Waals surface area contributed by atoms with Crippen molar-refractivity contribution in [3.05, 3.63) is 12.7 Å². The molecular weight excluding hydrogens is 162 g/mol. The third-order valence-electron chi connectivity index (χ3n) is 1.20. The molecule has 0 bridgehead atoms. The van der Waals surface area contributed by atoms with Gasteiger partial charge in [-0.2, -0.15) is 0 Å². The second-order valence-corrected chi connectivity index (χ2v) is 2.00. The standard InChI is InChI=1S/C7H13NO4/c1-4-5(9)8-6(10)7(11-2)12-3/h4,6-7,10H,1H2,2-3H3,(H,8,9)/t6-/m1/s1. The van der Waals surface area contributed by atoms with Gasteiger partial charge in [0, 0.05) is 14.2 Å². The van der Waals surface area contributed by atoms with Crippen molar-refractivity contribution in [3.63, 3.8) is 0 Å². The Morgan fingerprint density at radius 2 is 2.08 bits per heavy atom. The summed E-state index contributed by atoms with van der Waals surface area (Å²) in [5.74, 6) is -0.485. The molecule has 0 rings (SSSR count). The first-order valence-electron chi connectivity index (χ1n) is 3.32. The lowest BCUT2D eigenvalue weighted by Crippen LogP contribution is -2.44. The van der Waals surface area contributed by atoms with Crippen LogP contribution >= 0.6 is 0 Å². The van der Waals surface area contributed by atoms with E-state index in [4.69, 9.17) is 0 Å². The molecule has 0 aromatic carbocycles. The molecule has 70 valence electrons. The second kappa shape index (κ2) is 5.70. The molecule has 0 saturated heterocycles. The van der Waals surface area contributed by atoms with Crippen LogP contribution in [0.5, 0.6) is 0 Å². The topological polar surface area (TPSA) is 67.8 Å². The molecule has 12 heavy (non-hydrogen) atoms. The van der Waals surface area contributed by atoms with Crippen molar-refractivity contribution < 1.29 is 19.4 Å². The van der Waals surface area contributed by atoms with Crippen LogP contribution in [0, 0.1) is 0 Å². The lowest BCUT2D eigenvalue weighted by Gasteiger charge is -2.19. The Hall–Kier alpha value is -0.910. The van der Waals surface area contributed by atoms with E-state index >= 15 is 0 Å². The maximum absolute atomic E-state index is 10.7. The Kier molecular flexibility index (Phi) is 5.27. The summed E-state index contributed by atoms with van der Waals surface area (Å²) in [5.41, 5.74) is 0. The first-order valence-corrected chi connectivity index (χ1v) is 3.32. The Bertz CT molecular complexity index is 155. The highest BCUT2D eigenvalue weighted by atomic mass is 16.7. The van der Waals surface area contributed by atoms with Crippen LogP contribution in [0.1, 0.15) is 0 Å². The van der Waals surface area contributed by atoms with Gasteiger partial charge in [0.2, 0.25) is 12.2 Å². The maximum Gasteiger partial charge on any atom is 0.245 e. The maximum atomic E-state index is 10.7. The predicted octanol–water partition coefficient (Wildman–Crippen LogP) is -0.774. The number of hydrogen-bond donors (Lipinski definition) is 2. The molecule has 0 unspecified atom stereocenters. The van der Waals surface area contributed by atoms with Gasteiger partial charge in [0.05, 0.1) is 0 Å². The second-order valence-electron chi connectivity index (χ2n) is 2.00. The van der Waals surface area contributed by atoms with Crippen molar-refractivity contribution in [3.8, 4) is 0 Å². The third-order valence-corrected chi connectivity index (χ3v) is 1.20. The van der Waals surface area contributed by atoms with Crippen LogP contribution in [0.2, 0.25) is 0 Å². The normalized spacial score (nSPS) is 12.7. The summed E-state index contributed by atoms with van der Waals surface area (Å²) >= 11 is 0. The number of rotatable bonds is 5. The molecule has 0 saturated carbocycles. The first kappa shape index (κ1) is 11.1. The zero-order valence-corrected chi connectivity index (χ0v) is 7.11. The zero-order valence-electron chi connectivity index (χ0n) is 7.11. The van der Waals surface area contributed by atoms with Gasteiger partial charge < -0.3 is 19.9 Å². The van der Waals surface area contributed by atoms with E-state index in [2.05, 4.69) is 21.4 Å². The van der Waals surface area contributed by atoms with Crippen molar-refractivity contribution in [1.82, 2.24) is 5.32 Å². The Morgan fingerprint density at radius 1 is 1.58 bits per heavy atom. The van der Waals surface area contributed by atoms with Gasteiger partial charge in [-0.15, -0.1) is 0 Å². The minimum atomic E-state index is -1.19. The van der Waals surface area contributed by atoms with Crippen LogP contribution in [-0.2, 0) is 14.3 Å². The molecule has 0 aromatic heterocycles. The van der Waals surface area contributed by atoms with Gasteiger partial charge in [-0.1, -0.05) is 6.58 Å². The third kappa shape index (κ3) is 3.47. The summed E-state index contributed by atoms with van der Waals surface area (Å²) in [5, 5.41) is 11.4.